The first kappa shape index (κ1) is 20.2. The molecule has 0 spiro atoms. The maximum atomic E-state index is 6.86. The Hall–Kier alpha value is -2.12. The Kier molecular flexibility index (Phi) is 5.53. The van der Waals surface area contributed by atoms with Crippen LogP contribution >= 0.6 is 0 Å². The van der Waals surface area contributed by atoms with E-state index in [0.717, 1.165) is 32.5 Å². The summed E-state index contributed by atoms with van der Waals surface area (Å²) >= 11 is 0. The van der Waals surface area contributed by atoms with Gasteiger partial charge >= 0.3 is 0 Å². The maximum Gasteiger partial charge on any atom is 0.241 e. The van der Waals surface area contributed by atoms with E-state index < -0.39 is 0 Å². The lowest BCUT2D eigenvalue weighted by molar-refractivity contribution is -0.226. The lowest BCUT2D eigenvalue weighted by Crippen LogP contribution is -2.57. The van der Waals surface area contributed by atoms with Crippen molar-refractivity contribution in [1.82, 2.24) is 19.7 Å². The second-order valence-corrected chi connectivity index (χ2v) is 8.96. The van der Waals surface area contributed by atoms with E-state index in [2.05, 4.69) is 58.4 Å². The van der Waals surface area contributed by atoms with Crippen LogP contribution in [-0.2, 0) is 23.9 Å². The Balaban J connectivity index is 1.49. The fourth-order valence-electron chi connectivity index (χ4n) is 5.19. The Bertz CT molecular complexity index is 842. The van der Waals surface area contributed by atoms with Crippen molar-refractivity contribution < 1.29 is 4.74 Å². The number of anilines is 2. The molecule has 0 bridgehead atoms. The number of fused-ring (bicyclic) bond motifs is 1. The predicted molar refractivity (Wildman–Crippen MR) is 116 cm³/mol. The maximum absolute atomic E-state index is 6.86. The van der Waals surface area contributed by atoms with Crippen LogP contribution in [-0.4, -0.2) is 45.9 Å². The van der Waals surface area contributed by atoms with Gasteiger partial charge in [0.25, 0.3) is 0 Å². The standard InChI is InChI=1S/C22H34N6O/c1-21(2)16-17-10-5-6-11-18(17)22(21,28-13-7-4-8-14-28)29-15-9-12-24-20-25-19(23)26-27(20)3/h5-6,10-11H,4,7-9,12-16H2,1-3H3,(H3,23,24,25,26). The molecule has 3 N–H and O–H groups in total. The van der Waals surface area contributed by atoms with Gasteiger partial charge in [0.05, 0.1) is 6.61 Å². The summed E-state index contributed by atoms with van der Waals surface area (Å²) < 4.78 is 8.53. The first-order valence-corrected chi connectivity index (χ1v) is 10.8. The third-order valence-electron chi connectivity index (χ3n) is 6.43. The molecule has 2 heterocycles. The average molecular weight is 399 g/mol. The number of nitrogens with one attached hydrogen (secondary N) is 1. The second kappa shape index (κ2) is 7.95. The van der Waals surface area contributed by atoms with E-state index in [-0.39, 0.29) is 11.1 Å². The molecule has 4 rings (SSSR count). The monoisotopic (exact) mass is 398 g/mol. The minimum absolute atomic E-state index is 0.0273. The van der Waals surface area contributed by atoms with E-state index in [1.165, 1.54) is 30.4 Å². The minimum Gasteiger partial charge on any atom is -0.366 e. The summed E-state index contributed by atoms with van der Waals surface area (Å²) in [6, 6.07) is 8.85. The molecule has 0 radical (unpaired) electrons. The highest BCUT2D eigenvalue weighted by Gasteiger charge is 2.56. The zero-order valence-electron chi connectivity index (χ0n) is 17.9. The van der Waals surface area contributed by atoms with Crippen molar-refractivity contribution in [1.29, 1.82) is 0 Å². The van der Waals surface area contributed by atoms with Gasteiger partial charge in [-0.1, -0.05) is 44.5 Å². The summed E-state index contributed by atoms with van der Waals surface area (Å²) in [6.07, 6.45) is 5.76. The first-order chi connectivity index (χ1) is 13.9. The number of benzene rings is 1. The fourth-order valence-corrected chi connectivity index (χ4v) is 5.19. The lowest BCUT2D eigenvalue weighted by atomic mass is 9.79. The molecule has 0 saturated carbocycles. The van der Waals surface area contributed by atoms with E-state index >= 15 is 0 Å². The third-order valence-corrected chi connectivity index (χ3v) is 6.43. The van der Waals surface area contributed by atoms with Gasteiger partial charge in [0.2, 0.25) is 11.9 Å². The highest BCUT2D eigenvalue weighted by atomic mass is 16.5. The molecular weight excluding hydrogens is 364 g/mol. The van der Waals surface area contributed by atoms with Crippen molar-refractivity contribution >= 4 is 11.9 Å². The summed E-state index contributed by atoms with van der Waals surface area (Å²) in [4.78, 5) is 6.80. The van der Waals surface area contributed by atoms with Gasteiger partial charge in [-0.3, -0.25) is 4.90 Å². The molecule has 1 atom stereocenters. The topological polar surface area (TPSA) is 81.2 Å². The van der Waals surface area contributed by atoms with Crippen LogP contribution in [0.4, 0.5) is 11.9 Å². The van der Waals surface area contributed by atoms with E-state index in [1.807, 2.05) is 7.05 Å². The van der Waals surface area contributed by atoms with Crippen LogP contribution in [0.5, 0.6) is 0 Å². The van der Waals surface area contributed by atoms with Crippen LogP contribution in [0.1, 0.15) is 50.7 Å². The van der Waals surface area contributed by atoms with Crippen molar-refractivity contribution in [2.24, 2.45) is 12.5 Å². The quantitative estimate of drug-likeness (QED) is 0.698. The van der Waals surface area contributed by atoms with Crippen LogP contribution in [0.2, 0.25) is 0 Å². The number of ether oxygens (including phenoxy) is 1. The van der Waals surface area contributed by atoms with Crippen LogP contribution in [0.3, 0.4) is 0 Å². The molecular formula is C22H34N6O. The van der Waals surface area contributed by atoms with Crippen molar-refractivity contribution in [2.45, 2.75) is 51.7 Å². The lowest BCUT2D eigenvalue weighted by Gasteiger charge is -2.51. The Labute approximate surface area is 173 Å². The van der Waals surface area contributed by atoms with Gasteiger partial charge in [-0.25, -0.2) is 4.68 Å². The minimum atomic E-state index is -0.348. The first-order valence-electron chi connectivity index (χ1n) is 10.8. The number of aryl methyl sites for hydroxylation is 1. The van der Waals surface area contributed by atoms with Gasteiger partial charge in [-0.05, 0) is 31.2 Å². The van der Waals surface area contributed by atoms with E-state index in [4.69, 9.17) is 10.5 Å². The van der Waals surface area contributed by atoms with E-state index in [1.54, 1.807) is 4.68 Å². The van der Waals surface area contributed by atoms with E-state index in [0.29, 0.717) is 18.5 Å². The number of nitrogens with two attached hydrogens (primary N) is 1. The zero-order chi connectivity index (χ0) is 20.5. The van der Waals surface area contributed by atoms with Crippen LogP contribution in [0.25, 0.3) is 0 Å². The Morgan fingerprint density at radius 1 is 1.17 bits per heavy atom. The van der Waals surface area contributed by atoms with Crippen molar-refractivity contribution in [3.05, 3.63) is 35.4 Å². The number of likely N-dealkylation sites (tertiary alicyclic amines) is 1. The molecule has 0 amide bonds. The summed E-state index contributed by atoms with van der Waals surface area (Å²) in [7, 11) is 1.84. The SMILES string of the molecule is Cn1nc(N)nc1NCCCOC1(N2CCCCC2)c2ccccc2CC1(C)C. The third kappa shape index (κ3) is 3.62. The van der Waals surface area contributed by atoms with E-state index in [9.17, 15) is 0 Å². The second-order valence-electron chi connectivity index (χ2n) is 8.96. The van der Waals surface area contributed by atoms with Gasteiger partial charge < -0.3 is 15.8 Å². The summed E-state index contributed by atoms with van der Waals surface area (Å²) in [5.74, 6) is 0.986. The van der Waals surface area contributed by atoms with Gasteiger partial charge in [0.15, 0.2) is 5.72 Å². The van der Waals surface area contributed by atoms with Crippen molar-refractivity contribution in [2.75, 3.05) is 37.3 Å². The van der Waals surface area contributed by atoms with Crippen LogP contribution < -0.4 is 11.1 Å². The number of nitrogens with zero attached hydrogens (tertiary/aromatic N) is 4. The summed E-state index contributed by atoms with van der Waals surface area (Å²) in [5, 5.41) is 7.38. The normalized spacial score (nSPS) is 23.8. The molecule has 2 aliphatic rings. The number of nitrogen functional groups attached to an aromatic ring is 1. The fraction of sp³-hybridized carbons (Fsp3) is 0.636. The molecule has 2 aromatic rings. The number of piperidine rings is 1. The number of hydrogen-bond donors (Lipinski definition) is 2. The molecule has 29 heavy (non-hydrogen) atoms. The highest BCUT2D eigenvalue weighted by Crippen LogP contribution is 2.54. The van der Waals surface area contributed by atoms with Crippen molar-refractivity contribution in [3.8, 4) is 0 Å². The molecule has 1 fully saturated rings. The molecule has 7 heteroatoms. The molecule has 1 aliphatic carbocycles. The molecule has 7 nitrogen and oxygen atoms in total. The smallest absolute Gasteiger partial charge is 0.241 e. The van der Waals surface area contributed by atoms with Gasteiger partial charge in [-0.15, -0.1) is 5.10 Å². The molecule has 158 valence electrons. The highest BCUT2D eigenvalue weighted by molar-refractivity contribution is 5.40. The molecule has 1 saturated heterocycles. The Morgan fingerprint density at radius 2 is 1.93 bits per heavy atom. The van der Waals surface area contributed by atoms with Crippen molar-refractivity contribution in [3.63, 3.8) is 0 Å². The van der Waals surface area contributed by atoms with Gasteiger partial charge in [0, 0.05) is 37.7 Å². The van der Waals surface area contributed by atoms with Crippen LogP contribution in [0, 0.1) is 5.41 Å². The predicted octanol–water partition coefficient (Wildman–Crippen LogP) is 3.14. The average Bonchev–Trinajstić information content (AvgIpc) is 3.14. The molecule has 1 aromatic heterocycles. The zero-order valence-corrected chi connectivity index (χ0v) is 17.9. The molecule has 1 unspecified atom stereocenters. The van der Waals surface area contributed by atoms with Gasteiger partial charge in [-0.2, -0.15) is 4.98 Å². The van der Waals surface area contributed by atoms with Gasteiger partial charge in [0.1, 0.15) is 0 Å². The number of rotatable bonds is 7. The summed E-state index contributed by atoms with van der Waals surface area (Å²) in [5.41, 5.74) is 8.12. The number of aromatic nitrogens is 3. The largest absolute Gasteiger partial charge is 0.366 e. The molecule has 1 aromatic carbocycles. The summed E-state index contributed by atoms with van der Waals surface area (Å²) in [6.45, 7) is 8.39. The molecule has 1 aliphatic heterocycles. The number of hydrogen-bond acceptors (Lipinski definition) is 6. The Morgan fingerprint density at radius 3 is 2.66 bits per heavy atom. The van der Waals surface area contributed by atoms with Crippen LogP contribution in [0.15, 0.2) is 24.3 Å².